The van der Waals surface area contributed by atoms with Crippen LogP contribution in [0.2, 0.25) is 0 Å². The molecular weight excluding hydrogens is 337 g/mol. The summed E-state index contributed by atoms with van der Waals surface area (Å²) >= 11 is 0. The Kier molecular flexibility index (Phi) is 4.16. The summed E-state index contributed by atoms with van der Waals surface area (Å²) in [5.74, 6) is 0.759. The van der Waals surface area contributed by atoms with E-state index in [2.05, 4.69) is 15.4 Å². The van der Waals surface area contributed by atoms with Gasteiger partial charge in [0.15, 0.2) is 5.65 Å². The van der Waals surface area contributed by atoms with Gasteiger partial charge in [-0.2, -0.15) is 5.10 Å². The second kappa shape index (κ2) is 6.62. The number of amides is 1. The standard InChI is InChI=1S/C18H18FN5O2/c1-23-11-12-9-13(19)3-4-15(12)26-8-2-6-20-18(25)14-10-21-24-7-5-16(23)22-17(14)24/h3-5,7,9-10H,2,6,8,11H2,1H3,(H,20,25). The Morgan fingerprint density at radius 1 is 1.31 bits per heavy atom. The maximum Gasteiger partial charge on any atom is 0.256 e. The number of hydrogen-bond acceptors (Lipinski definition) is 5. The normalized spacial score (nSPS) is 15.3. The van der Waals surface area contributed by atoms with E-state index in [0.29, 0.717) is 48.9 Å². The van der Waals surface area contributed by atoms with Gasteiger partial charge in [-0.25, -0.2) is 13.9 Å². The number of nitrogens with zero attached hydrogens (tertiary/aromatic N) is 4. The molecule has 0 saturated heterocycles. The first-order valence-corrected chi connectivity index (χ1v) is 8.37. The summed E-state index contributed by atoms with van der Waals surface area (Å²) in [5.41, 5.74) is 1.65. The fourth-order valence-electron chi connectivity index (χ4n) is 2.93. The van der Waals surface area contributed by atoms with Crippen LogP contribution in [0.15, 0.2) is 36.7 Å². The number of halogens is 1. The van der Waals surface area contributed by atoms with Crippen molar-refractivity contribution in [1.29, 1.82) is 0 Å². The number of carbonyl (C=O) groups is 1. The Labute approximate surface area is 149 Å². The topological polar surface area (TPSA) is 71.8 Å². The van der Waals surface area contributed by atoms with Gasteiger partial charge in [0.1, 0.15) is 22.9 Å². The van der Waals surface area contributed by atoms with Crippen molar-refractivity contribution >= 4 is 17.4 Å². The lowest BCUT2D eigenvalue weighted by Gasteiger charge is -2.21. The lowest BCUT2D eigenvalue weighted by atomic mass is 10.2. The average Bonchev–Trinajstić information content (AvgIpc) is 3.05. The van der Waals surface area contributed by atoms with Gasteiger partial charge in [-0.15, -0.1) is 0 Å². The van der Waals surface area contributed by atoms with Gasteiger partial charge in [0, 0.05) is 31.9 Å². The van der Waals surface area contributed by atoms with Crippen molar-refractivity contribution in [2.45, 2.75) is 13.0 Å². The third-order valence-electron chi connectivity index (χ3n) is 4.28. The fourth-order valence-corrected chi connectivity index (χ4v) is 2.93. The highest BCUT2D eigenvalue weighted by Crippen LogP contribution is 2.24. The van der Waals surface area contributed by atoms with Crippen molar-refractivity contribution in [2.24, 2.45) is 0 Å². The number of ether oxygens (including phenoxy) is 1. The Balaban J connectivity index is 1.77. The summed E-state index contributed by atoms with van der Waals surface area (Å²) in [7, 11) is 1.86. The molecule has 2 aromatic heterocycles. The molecule has 1 aliphatic rings. The van der Waals surface area contributed by atoms with Gasteiger partial charge in [0.25, 0.3) is 5.91 Å². The summed E-state index contributed by atoms with van der Waals surface area (Å²) in [6.45, 7) is 1.31. The van der Waals surface area contributed by atoms with E-state index in [1.807, 2.05) is 11.9 Å². The molecule has 7 nitrogen and oxygen atoms in total. The van der Waals surface area contributed by atoms with Crippen molar-refractivity contribution < 1.29 is 13.9 Å². The molecule has 3 aromatic rings. The van der Waals surface area contributed by atoms with E-state index in [4.69, 9.17) is 4.74 Å². The number of carbonyl (C=O) groups excluding carboxylic acids is 1. The number of benzene rings is 1. The Hall–Kier alpha value is -3.16. The van der Waals surface area contributed by atoms with Crippen LogP contribution in [-0.4, -0.2) is 40.7 Å². The van der Waals surface area contributed by atoms with E-state index in [1.54, 1.807) is 22.8 Å². The molecule has 0 radical (unpaired) electrons. The highest BCUT2D eigenvalue weighted by molar-refractivity contribution is 5.99. The van der Waals surface area contributed by atoms with Crippen LogP contribution in [-0.2, 0) is 6.54 Å². The molecule has 0 fully saturated rings. The summed E-state index contributed by atoms with van der Waals surface area (Å²) in [4.78, 5) is 18.8. The number of anilines is 1. The second-order valence-electron chi connectivity index (χ2n) is 6.18. The van der Waals surface area contributed by atoms with E-state index in [9.17, 15) is 9.18 Å². The quantitative estimate of drug-likeness (QED) is 0.668. The molecule has 1 aromatic carbocycles. The van der Waals surface area contributed by atoms with Gasteiger partial charge >= 0.3 is 0 Å². The molecule has 1 aliphatic heterocycles. The number of nitrogens with one attached hydrogen (secondary N) is 1. The fraction of sp³-hybridized carbons (Fsp3) is 0.278. The van der Waals surface area contributed by atoms with Gasteiger partial charge in [0.05, 0.1) is 12.8 Å². The molecule has 2 bridgehead atoms. The Bertz CT molecular complexity index is 971. The van der Waals surface area contributed by atoms with Crippen molar-refractivity contribution in [3.63, 3.8) is 0 Å². The molecule has 0 atom stereocenters. The molecule has 0 aliphatic carbocycles. The van der Waals surface area contributed by atoms with E-state index in [1.165, 1.54) is 18.3 Å². The molecule has 8 heteroatoms. The van der Waals surface area contributed by atoms with E-state index in [-0.39, 0.29) is 11.7 Å². The van der Waals surface area contributed by atoms with E-state index in [0.717, 1.165) is 5.56 Å². The van der Waals surface area contributed by atoms with Crippen LogP contribution < -0.4 is 15.0 Å². The van der Waals surface area contributed by atoms with Crippen molar-refractivity contribution in [1.82, 2.24) is 19.9 Å². The molecule has 134 valence electrons. The number of rotatable bonds is 0. The minimum Gasteiger partial charge on any atom is -0.493 e. The first-order chi connectivity index (χ1) is 12.6. The van der Waals surface area contributed by atoms with Crippen LogP contribution in [0.3, 0.4) is 0 Å². The highest BCUT2D eigenvalue weighted by Gasteiger charge is 2.17. The molecule has 1 N–H and O–H groups in total. The first kappa shape index (κ1) is 16.3. The van der Waals surface area contributed by atoms with Gasteiger partial charge in [-0.3, -0.25) is 4.79 Å². The van der Waals surface area contributed by atoms with Crippen molar-refractivity contribution in [3.05, 3.63) is 53.6 Å². The molecule has 26 heavy (non-hydrogen) atoms. The zero-order valence-electron chi connectivity index (χ0n) is 14.3. The van der Waals surface area contributed by atoms with Gasteiger partial charge in [-0.1, -0.05) is 0 Å². The maximum absolute atomic E-state index is 13.7. The van der Waals surface area contributed by atoms with Crippen LogP contribution in [0.25, 0.3) is 5.65 Å². The third kappa shape index (κ3) is 3.05. The van der Waals surface area contributed by atoms with Crippen LogP contribution in [0.5, 0.6) is 5.75 Å². The summed E-state index contributed by atoms with van der Waals surface area (Å²) < 4.78 is 21.1. The molecule has 0 saturated carbocycles. The van der Waals surface area contributed by atoms with E-state index < -0.39 is 0 Å². The lowest BCUT2D eigenvalue weighted by Crippen LogP contribution is -2.26. The van der Waals surface area contributed by atoms with Crippen molar-refractivity contribution in [2.75, 3.05) is 25.1 Å². The van der Waals surface area contributed by atoms with Crippen LogP contribution in [0, 0.1) is 5.82 Å². The smallest absolute Gasteiger partial charge is 0.256 e. The predicted octanol–water partition coefficient (Wildman–Crippen LogP) is 2.02. The Morgan fingerprint density at radius 3 is 3.08 bits per heavy atom. The predicted molar refractivity (Wildman–Crippen MR) is 93.9 cm³/mol. The third-order valence-corrected chi connectivity index (χ3v) is 4.28. The molecular formula is C18H18FN5O2. The lowest BCUT2D eigenvalue weighted by molar-refractivity contribution is 0.0953. The van der Waals surface area contributed by atoms with Gasteiger partial charge in [0.2, 0.25) is 0 Å². The highest BCUT2D eigenvalue weighted by atomic mass is 19.1. The van der Waals surface area contributed by atoms with Crippen LogP contribution in [0.1, 0.15) is 22.3 Å². The first-order valence-electron chi connectivity index (χ1n) is 8.37. The van der Waals surface area contributed by atoms with Gasteiger partial charge < -0.3 is 15.0 Å². The summed E-state index contributed by atoms with van der Waals surface area (Å²) in [5, 5.41) is 7.02. The van der Waals surface area contributed by atoms with Crippen LogP contribution in [0.4, 0.5) is 10.2 Å². The van der Waals surface area contributed by atoms with Crippen molar-refractivity contribution in [3.8, 4) is 5.75 Å². The zero-order valence-corrected chi connectivity index (χ0v) is 14.3. The molecule has 0 unspecified atom stereocenters. The summed E-state index contributed by atoms with van der Waals surface area (Å²) in [6, 6.07) is 6.29. The monoisotopic (exact) mass is 355 g/mol. The second-order valence-corrected chi connectivity index (χ2v) is 6.18. The minimum absolute atomic E-state index is 0.216. The largest absolute Gasteiger partial charge is 0.493 e. The number of hydrogen-bond donors (Lipinski definition) is 1. The maximum atomic E-state index is 13.7. The Morgan fingerprint density at radius 2 is 2.19 bits per heavy atom. The van der Waals surface area contributed by atoms with Gasteiger partial charge in [-0.05, 0) is 30.7 Å². The molecule has 1 amide bonds. The summed E-state index contributed by atoms with van der Waals surface area (Å²) in [6.07, 6.45) is 3.89. The molecule has 0 spiro atoms. The molecule has 3 heterocycles. The minimum atomic E-state index is -0.310. The number of aromatic nitrogens is 3. The van der Waals surface area contributed by atoms with E-state index >= 15 is 0 Å². The SMILES string of the molecule is CN1Cc2cc(F)ccc2OCCCNC(=O)c2cnn3ccc1nc23. The average molecular weight is 355 g/mol. The molecule has 4 rings (SSSR count). The zero-order chi connectivity index (χ0) is 18.1. The number of fused-ring (bicyclic) bond motifs is 2. The van der Waals surface area contributed by atoms with Crippen LogP contribution >= 0.6 is 0 Å².